The van der Waals surface area contributed by atoms with Gasteiger partial charge in [0.2, 0.25) is 0 Å². The molecule has 0 bridgehead atoms. The molecule has 0 heterocycles. The third-order valence-corrected chi connectivity index (χ3v) is 4.98. The first-order chi connectivity index (χ1) is 11.1. The van der Waals surface area contributed by atoms with Crippen molar-refractivity contribution in [2.75, 3.05) is 11.9 Å². The van der Waals surface area contributed by atoms with Crippen LogP contribution < -0.4 is 10.6 Å². The first-order valence-corrected chi connectivity index (χ1v) is 8.52. The summed E-state index contributed by atoms with van der Waals surface area (Å²) in [7, 11) is 0. The lowest BCUT2D eigenvalue weighted by molar-refractivity contribution is -0.136. The number of amides is 2. The fourth-order valence-electron chi connectivity index (χ4n) is 3.62. The van der Waals surface area contributed by atoms with Gasteiger partial charge >= 0.3 is 11.8 Å². The number of fused-ring (bicyclic) bond motifs is 1. The second-order valence-corrected chi connectivity index (χ2v) is 6.61. The van der Waals surface area contributed by atoms with E-state index in [1.807, 2.05) is 18.2 Å². The molecule has 1 aromatic carbocycles. The fourth-order valence-corrected chi connectivity index (χ4v) is 3.62. The Balaban J connectivity index is 1.48. The molecule has 1 unspecified atom stereocenters. The van der Waals surface area contributed by atoms with Gasteiger partial charge in [0.05, 0.1) is 6.10 Å². The number of aliphatic hydroxyl groups excluding tert-OH is 1. The van der Waals surface area contributed by atoms with Crippen molar-refractivity contribution < 1.29 is 14.7 Å². The number of hydrogen-bond donors (Lipinski definition) is 3. The minimum absolute atomic E-state index is 0.140. The molecule has 3 N–H and O–H groups in total. The molecular weight excluding hydrogens is 292 g/mol. The van der Waals surface area contributed by atoms with Crippen LogP contribution in [0.4, 0.5) is 5.69 Å². The highest BCUT2D eigenvalue weighted by Gasteiger charge is 2.24. The number of anilines is 1. The predicted octanol–water partition coefficient (Wildman–Crippen LogP) is 1.78. The monoisotopic (exact) mass is 316 g/mol. The molecule has 2 aliphatic carbocycles. The van der Waals surface area contributed by atoms with E-state index in [2.05, 4.69) is 10.6 Å². The summed E-state index contributed by atoms with van der Waals surface area (Å²) in [5.41, 5.74) is 3.23. The Morgan fingerprint density at radius 3 is 2.61 bits per heavy atom. The molecule has 0 aliphatic heterocycles. The molecule has 23 heavy (non-hydrogen) atoms. The van der Waals surface area contributed by atoms with Crippen LogP contribution in [0.2, 0.25) is 0 Å². The van der Waals surface area contributed by atoms with E-state index in [1.54, 1.807) is 0 Å². The fraction of sp³-hybridized carbons (Fsp3) is 0.556. The molecule has 1 aromatic rings. The standard InChI is InChI=1S/C18H24N2O3/c21-16(13-4-1-2-5-13)11-19-17(22)18(23)20-15-9-8-12-6-3-7-14(12)10-15/h8-10,13,16,21H,1-7,11H2,(H,19,22)(H,20,23). The average molecular weight is 316 g/mol. The second kappa shape index (κ2) is 7.13. The van der Waals surface area contributed by atoms with Crippen molar-refractivity contribution in [2.45, 2.75) is 51.0 Å². The summed E-state index contributed by atoms with van der Waals surface area (Å²) in [6.45, 7) is 0.140. The SMILES string of the molecule is O=C(NCC(O)C1CCCC1)C(=O)Nc1ccc2c(c1)CCC2. The van der Waals surface area contributed by atoms with E-state index < -0.39 is 17.9 Å². The number of aliphatic hydroxyl groups is 1. The highest BCUT2D eigenvalue weighted by Crippen LogP contribution is 2.27. The van der Waals surface area contributed by atoms with Crippen molar-refractivity contribution in [3.8, 4) is 0 Å². The Bertz CT molecular complexity index is 594. The van der Waals surface area contributed by atoms with Gasteiger partial charge in [0.1, 0.15) is 0 Å². The van der Waals surface area contributed by atoms with Crippen molar-refractivity contribution in [2.24, 2.45) is 5.92 Å². The topological polar surface area (TPSA) is 78.4 Å². The van der Waals surface area contributed by atoms with E-state index in [0.717, 1.165) is 44.9 Å². The van der Waals surface area contributed by atoms with Crippen LogP contribution in [-0.4, -0.2) is 29.6 Å². The maximum Gasteiger partial charge on any atom is 0.313 e. The summed E-state index contributed by atoms with van der Waals surface area (Å²) in [4.78, 5) is 23.8. The molecule has 0 spiro atoms. The van der Waals surface area contributed by atoms with E-state index >= 15 is 0 Å². The molecule has 1 atom stereocenters. The molecule has 124 valence electrons. The van der Waals surface area contributed by atoms with Crippen LogP contribution >= 0.6 is 0 Å². The molecule has 0 radical (unpaired) electrons. The third-order valence-electron chi connectivity index (χ3n) is 4.98. The maximum atomic E-state index is 11.9. The molecule has 1 saturated carbocycles. The van der Waals surface area contributed by atoms with Crippen LogP contribution in [0.1, 0.15) is 43.2 Å². The lowest BCUT2D eigenvalue weighted by atomic mass is 10.0. The van der Waals surface area contributed by atoms with Gasteiger partial charge in [-0.3, -0.25) is 9.59 Å². The molecule has 2 amide bonds. The lowest BCUT2D eigenvalue weighted by Crippen LogP contribution is -2.41. The van der Waals surface area contributed by atoms with Crippen LogP contribution in [0, 0.1) is 5.92 Å². The van der Waals surface area contributed by atoms with Crippen molar-refractivity contribution in [3.63, 3.8) is 0 Å². The summed E-state index contributed by atoms with van der Waals surface area (Å²) < 4.78 is 0. The van der Waals surface area contributed by atoms with Crippen LogP contribution in [0.25, 0.3) is 0 Å². The number of carbonyl (C=O) groups is 2. The Hall–Kier alpha value is -1.88. The molecule has 1 fully saturated rings. The second-order valence-electron chi connectivity index (χ2n) is 6.61. The minimum Gasteiger partial charge on any atom is -0.391 e. The Kier molecular flexibility index (Phi) is 4.96. The maximum absolute atomic E-state index is 11.9. The largest absolute Gasteiger partial charge is 0.391 e. The van der Waals surface area contributed by atoms with Gasteiger partial charge in [0.15, 0.2) is 0 Å². The van der Waals surface area contributed by atoms with Gasteiger partial charge in [0.25, 0.3) is 0 Å². The van der Waals surface area contributed by atoms with Crippen LogP contribution in [-0.2, 0) is 22.4 Å². The number of hydrogen-bond acceptors (Lipinski definition) is 3. The molecular formula is C18H24N2O3. The van der Waals surface area contributed by atoms with E-state index in [0.29, 0.717) is 5.69 Å². The van der Waals surface area contributed by atoms with E-state index in [-0.39, 0.29) is 12.5 Å². The molecule has 0 saturated heterocycles. The molecule has 2 aliphatic rings. The smallest absolute Gasteiger partial charge is 0.313 e. The summed E-state index contributed by atoms with van der Waals surface area (Å²) >= 11 is 0. The van der Waals surface area contributed by atoms with Gasteiger partial charge in [-0.15, -0.1) is 0 Å². The first-order valence-electron chi connectivity index (χ1n) is 8.52. The quantitative estimate of drug-likeness (QED) is 0.741. The Morgan fingerprint density at radius 2 is 1.83 bits per heavy atom. The van der Waals surface area contributed by atoms with Crippen LogP contribution in [0.5, 0.6) is 0 Å². The number of rotatable bonds is 4. The van der Waals surface area contributed by atoms with Crippen LogP contribution in [0.3, 0.4) is 0 Å². The van der Waals surface area contributed by atoms with Crippen LogP contribution in [0.15, 0.2) is 18.2 Å². The zero-order valence-corrected chi connectivity index (χ0v) is 13.3. The Morgan fingerprint density at radius 1 is 1.09 bits per heavy atom. The molecule has 5 heteroatoms. The summed E-state index contributed by atoms with van der Waals surface area (Å²) in [6.07, 6.45) is 6.96. The number of benzene rings is 1. The number of carbonyl (C=O) groups excluding carboxylic acids is 2. The van der Waals surface area contributed by atoms with Gasteiger partial charge in [-0.1, -0.05) is 18.9 Å². The minimum atomic E-state index is -0.692. The van der Waals surface area contributed by atoms with Crippen molar-refractivity contribution in [1.82, 2.24) is 5.32 Å². The van der Waals surface area contributed by atoms with Crippen molar-refractivity contribution >= 4 is 17.5 Å². The number of nitrogens with one attached hydrogen (secondary N) is 2. The van der Waals surface area contributed by atoms with E-state index in [9.17, 15) is 14.7 Å². The third kappa shape index (κ3) is 3.91. The van der Waals surface area contributed by atoms with Gasteiger partial charge in [-0.05, 0) is 61.3 Å². The predicted molar refractivity (Wildman–Crippen MR) is 88.1 cm³/mol. The summed E-state index contributed by atoms with van der Waals surface area (Å²) in [5, 5.41) is 15.2. The van der Waals surface area contributed by atoms with Crippen molar-refractivity contribution in [1.29, 1.82) is 0 Å². The highest BCUT2D eigenvalue weighted by atomic mass is 16.3. The van der Waals surface area contributed by atoms with Crippen molar-refractivity contribution in [3.05, 3.63) is 29.3 Å². The first kappa shape index (κ1) is 16.0. The van der Waals surface area contributed by atoms with Gasteiger partial charge in [0, 0.05) is 12.2 Å². The van der Waals surface area contributed by atoms with E-state index in [1.165, 1.54) is 11.1 Å². The normalized spacial score (nSPS) is 18.5. The molecule has 5 nitrogen and oxygen atoms in total. The van der Waals surface area contributed by atoms with Gasteiger partial charge in [-0.2, -0.15) is 0 Å². The lowest BCUT2D eigenvalue weighted by Gasteiger charge is -2.17. The summed E-state index contributed by atoms with van der Waals surface area (Å²) in [5.74, 6) is -1.13. The zero-order chi connectivity index (χ0) is 16.2. The average Bonchev–Trinajstić information content (AvgIpc) is 3.22. The van der Waals surface area contributed by atoms with Gasteiger partial charge < -0.3 is 15.7 Å². The molecule has 0 aromatic heterocycles. The number of aryl methyl sites for hydroxylation is 2. The Labute approximate surface area is 136 Å². The molecule has 3 rings (SSSR count). The zero-order valence-electron chi connectivity index (χ0n) is 13.3. The summed E-state index contributed by atoms with van der Waals surface area (Å²) in [6, 6.07) is 5.79. The van der Waals surface area contributed by atoms with Gasteiger partial charge in [-0.25, -0.2) is 0 Å². The van der Waals surface area contributed by atoms with E-state index in [4.69, 9.17) is 0 Å². The highest BCUT2D eigenvalue weighted by molar-refractivity contribution is 6.39.